The highest BCUT2D eigenvalue weighted by Crippen LogP contribution is 2.46. The highest BCUT2D eigenvalue weighted by Gasteiger charge is 2.36. The normalized spacial score (nSPS) is 18.6. The van der Waals surface area contributed by atoms with E-state index in [9.17, 15) is 9.18 Å². The summed E-state index contributed by atoms with van der Waals surface area (Å²) in [6.07, 6.45) is 4.80. The molecule has 0 saturated heterocycles. The molecule has 0 aromatic heterocycles. The number of anilines is 1. The second-order valence-electron chi connectivity index (χ2n) is 6.93. The van der Waals surface area contributed by atoms with E-state index < -0.39 is 0 Å². The van der Waals surface area contributed by atoms with Crippen LogP contribution in [0.1, 0.15) is 30.7 Å². The van der Waals surface area contributed by atoms with Crippen LogP contribution >= 0.6 is 0 Å². The average Bonchev–Trinajstić information content (AvgIpc) is 3.22. The maximum absolute atomic E-state index is 13.4. The van der Waals surface area contributed by atoms with E-state index in [2.05, 4.69) is 0 Å². The first kappa shape index (κ1) is 18.3. The lowest BCUT2D eigenvalue weighted by atomic mass is 9.86. The van der Waals surface area contributed by atoms with Gasteiger partial charge in [-0.1, -0.05) is 12.1 Å². The fraction of sp³-hybridized carbons (Fsp3) is 0.261. The number of rotatable bonds is 4. The zero-order chi connectivity index (χ0) is 19.7. The molecule has 28 heavy (non-hydrogen) atoms. The number of benzene rings is 2. The SMILES string of the molecule is COC(=O)C1=CC(c2ccc(F)cc2)C2=C(CCC2)N1c1ccc(OC)cc1. The molecule has 0 saturated carbocycles. The molecule has 0 bridgehead atoms. The Hall–Kier alpha value is -3.08. The number of methoxy groups -OCH3 is 2. The van der Waals surface area contributed by atoms with Crippen LogP contribution in [0.5, 0.6) is 5.75 Å². The number of hydrogen-bond acceptors (Lipinski definition) is 4. The summed E-state index contributed by atoms with van der Waals surface area (Å²) >= 11 is 0. The molecule has 2 aromatic carbocycles. The molecule has 0 N–H and O–H groups in total. The summed E-state index contributed by atoms with van der Waals surface area (Å²) in [6, 6.07) is 14.2. The van der Waals surface area contributed by atoms with Crippen LogP contribution in [0.15, 0.2) is 71.6 Å². The van der Waals surface area contributed by atoms with Gasteiger partial charge in [0.25, 0.3) is 0 Å². The fourth-order valence-corrected chi connectivity index (χ4v) is 4.08. The molecule has 2 aliphatic rings. The van der Waals surface area contributed by atoms with Gasteiger partial charge in [-0.25, -0.2) is 9.18 Å². The van der Waals surface area contributed by atoms with Crippen molar-refractivity contribution in [1.82, 2.24) is 0 Å². The quantitative estimate of drug-likeness (QED) is 0.706. The van der Waals surface area contributed by atoms with Gasteiger partial charge in [0.2, 0.25) is 0 Å². The molecule has 1 aliphatic carbocycles. The number of halogens is 1. The zero-order valence-corrected chi connectivity index (χ0v) is 15.9. The van der Waals surface area contributed by atoms with Crippen molar-refractivity contribution in [3.63, 3.8) is 0 Å². The summed E-state index contributed by atoms with van der Waals surface area (Å²) in [4.78, 5) is 14.6. The number of ether oxygens (including phenoxy) is 2. The highest BCUT2D eigenvalue weighted by molar-refractivity contribution is 5.95. The third-order valence-corrected chi connectivity index (χ3v) is 5.40. The van der Waals surface area contributed by atoms with E-state index in [-0.39, 0.29) is 17.7 Å². The lowest BCUT2D eigenvalue weighted by Crippen LogP contribution is -2.31. The molecule has 1 atom stereocenters. The smallest absolute Gasteiger partial charge is 0.354 e. The van der Waals surface area contributed by atoms with Crippen molar-refractivity contribution >= 4 is 11.7 Å². The molecule has 0 spiro atoms. The summed E-state index contributed by atoms with van der Waals surface area (Å²) in [5.41, 5.74) is 4.76. The third kappa shape index (κ3) is 3.17. The molecule has 0 radical (unpaired) electrons. The van der Waals surface area contributed by atoms with Crippen LogP contribution in [-0.4, -0.2) is 20.2 Å². The van der Waals surface area contributed by atoms with Crippen LogP contribution < -0.4 is 9.64 Å². The van der Waals surface area contributed by atoms with Crippen molar-refractivity contribution in [3.05, 3.63) is 83.0 Å². The van der Waals surface area contributed by atoms with Gasteiger partial charge in [0.1, 0.15) is 17.3 Å². The van der Waals surface area contributed by atoms with Crippen LogP contribution in [0.25, 0.3) is 0 Å². The van der Waals surface area contributed by atoms with Crippen molar-refractivity contribution in [3.8, 4) is 5.75 Å². The lowest BCUT2D eigenvalue weighted by Gasteiger charge is -2.34. The van der Waals surface area contributed by atoms with Crippen LogP contribution in [-0.2, 0) is 9.53 Å². The Balaban J connectivity index is 1.82. The van der Waals surface area contributed by atoms with Crippen molar-refractivity contribution in [2.45, 2.75) is 25.2 Å². The first-order valence-corrected chi connectivity index (χ1v) is 9.34. The zero-order valence-electron chi connectivity index (χ0n) is 15.9. The Bertz CT molecular complexity index is 945. The molecule has 1 heterocycles. The van der Waals surface area contributed by atoms with Gasteiger partial charge in [-0.2, -0.15) is 0 Å². The summed E-state index contributed by atoms with van der Waals surface area (Å²) in [5.74, 6) is 0.0504. The maximum atomic E-state index is 13.4. The van der Waals surface area contributed by atoms with Gasteiger partial charge < -0.3 is 14.4 Å². The standard InChI is InChI=1S/C23H22FNO3/c1-27-18-12-10-17(11-13-18)25-21-5-3-4-19(21)20(14-22(25)23(26)28-2)15-6-8-16(24)9-7-15/h6-14,20H,3-5H2,1-2H3. The van der Waals surface area contributed by atoms with E-state index in [0.29, 0.717) is 5.70 Å². The molecule has 4 rings (SSSR count). The molecule has 5 heteroatoms. The minimum absolute atomic E-state index is 0.0540. The van der Waals surface area contributed by atoms with E-state index in [1.54, 1.807) is 19.2 Å². The minimum Gasteiger partial charge on any atom is -0.497 e. The summed E-state index contributed by atoms with van der Waals surface area (Å²) in [6.45, 7) is 0. The number of carbonyl (C=O) groups excluding carboxylic acids is 1. The van der Waals surface area contributed by atoms with E-state index in [1.807, 2.05) is 35.2 Å². The Morgan fingerprint density at radius 2 is 1.75 bits per heavy atom. The van der Waals surface area contributed by atoms with Gasteiger partial charge in [-0.15, -0.1) is 0 Å². The van der Waals surface area contributed by atoms with E-state index in [0.717, 1.165) is 42.0 Å². The second kappa shape index (κ2) is 7.50. The van der Waals surface area contributed by atoms with E-state index in [4.69, 9.17) is 9.47 Å². The van der Waals surface area contributed by atoms with Gasteiger partial charge in [-0.3, -0.25) is 0 Å². The minimum atomic E-state index is -0.388. The lowest BCUT2D eigenvalue weighted by molar-refractivity contribution is -0.136. The monoisotopic (exact) mass is 379 g/mol. The first-order valence-electron chi connectivity index (χ1n) is 9.34. The Morgan fingerprint density at radius 3 is 2.39 bits per heavy atom. The highest BCUT2D eigenvalue weighted by atomic mass is 19.1. The second-order valence-corrected chi connectivity index (χ2v) is 6.93. The largest absolute Gasteiger partial charge is 0.497 e. The van der Waals surface area contributed by atoms with Gasteiger partial charge in [0.05, 0.1) is 14.2 Å². The third-order valence-electron chi connectivity index (χ3n) is 5.40. The van der Waals surface area contributed by atoms with Gasteiger partial charge in [0.15, 0.2) is 0 Å². The topological polar surface area (TPSA) is 38.8 Å². The first-order chi connectivity index (χ1) is 13.6. The maximum Gasteiger partial charge on any atom is 0.354 e. The summed E-state index contributed by atoms with van der Waals surface area (Å²) in [7, 11) is 3.02. The Labute approximate surface area is 163 Å². The molecular weight excluding hydrogens is 357 g/mol. The number of allylic oxidation sites excluding steroid dienone is 3. The van der Waals surface area contributed by atoms with Crippen LogP contribution in [0.4, 0.5) is 10.1 Å². The van der Waals surface area contributed by atoms with Crippen molar-refractivity contribution < 1.29 is 18.7 Å². The summed E-state index contributed by atoms with van der Waals surface area (Å²) < 4.78 is 23.7. The van der Waals surface area contributed by atoms with Crippen molar-refractivity contribution in [1.29, 1.82) is 0 Å². The van der Waals surface area contributed by atoms with Gasteiger partial charge in [0, 0.05) is 17.3 Å². The Kier molecular flexibility index (Phi) is 4.90. The molecule has 4 nitrogen and oxygen atoms in total. The van der Waals surface area contributed by atoms with Crippen LogP contribution in [0, 0.1) is 5.82 Å². The summed E-state index contributed by atoms with van der Waals surface area (Å²) in [5, 5.41) is 0. The van der Waals surface area contributed by atoms with E-state index in [1.165, 1.54) is 24.8 Å². The van der Waals surface area contributed by atoms with Crippen molar-refractivity contribution in [2.75, 3.05) is 19.1 Å². The average molecular weight is 379 g/mol. The van der Waals surface area contributed by atoms with Crippen LogP contribution in [0.2, 0.25) is 0 Å². The van der Waals surface area contributed by atoms with Gasteiger partial charge >= 0.3 is 5.97 Å². The van der Waals surface area contributed by atoms with E-state index >= 15 is 0 Å². The number of hydrogen-bond donors (Lipinski definition) is 0. The number of esters is 1. The molecule has 0 amide bonds. The molecular formula is C23H22FNO3. The van der Waals surface area contributed by atoms with Crippen LogP contribution in [0.3, 0.4) is 0 Å². The fourth-order valence-electron chi connectivity index (χ4n) is 4.08. The number of nitrogens with zero attached hydrogens (tertiary/aromatic N) is 1. The predicted octanol–water partition coefficient (Wildman–Crippen LogP) is 4.93. The predicted molar refractivity (Wildman–Crippen MR) is 106 cm³/mol. The molecule has 144 valence electrons. The van der Waals surface area contributed by atoms with Gasteiger partial charge in [-0.05, 0) is 72.9 Å². The molecule has 1 aliphatic heterocycles. The molecule has 1 unspecified atom stereocenters. The molecule has 0 fully saturated rings. The van der Waals surface area contributed by atoms with Crippen molar-refractivity contribution in [2.24, 2.45) is 0 Å². The Morgan fingerprint density at radius 1 is 1.04 bits per heavy atom. The number of carbonyl (C=O) groups is 1. The molecule has 2 aromatic rings.